The molecule has 3 N–H and O–H groups in total. The molecule has 4 nitrogen and oxygen atoms in total. The van der Waals surface area contributed by atoms with Gasteiger partial charge in [-0.3, -0.25) is 10.2 Å². The molecule has 1 rings (SSSR count). The number of hydrogen-bond acceptors (Lipinski definition) is 3. The summed E-state index contributed by atoms with van der Waals surface area (Å²) in [7, 11) is 0. The Morgan fingerprint density at radius 2 is 1.93 bits per heavy atom. The van der Waals surface area contributed by atoms with E-state index in [1.165, 1.54) is 0 Å². The van der Waals surface area contributed by atoms with Gasteiger partial charge in [0.15, 0.2) is 0 Å². The largest absolute Gasteiger partial charge is 0.376 e. The molecular formula is C10H20N2O2. The van der Waals surface area contributed by atoms with Gasteiger partial charge < -0.3 is 4.74 Å². The summed E-state index contributed by atoms with van der Waals surface area (Å²) in [5, 5.41) is 0. The van der Waals surface area contributed by atoms with Gasteiger partial charge in [0.2, 0.25) is 5.91 Å². The lowest BCUT2D eigenvalue weighted by molar-refractivity contribution is -0.127. The highest BCUT2D eigenvalue weighted by molar-refractivity contribution is 5.77. The van der Waals surface area contributed by atoms with Crippen LogP contribution in [0.2, 0.25) is 0 Å². The van der Waals surface area contributed by atoms with E-state index in [9.17, 15) is 4.79 Å². The number of hydrazine groups is 1. The lowest BCUT2D eigenvalue weighted by atomic mass is 9.87. The zero-order valence-electron chi connectivity index (χ0n) is 8.95. The molecule has 0 spiro atoms. The Bertz CT molecular complexity index is 187. The van der Waals surface area contributed by atoms with Crippen LogP contribution in [0.15, 0.2) is 0 Å². The number of ether oxygens (including phenoxy) is 1. The molecule has 0 bridgehead atoms. The monoisotopic (exact) mass is 200 g/mol. The minimum absolute atomic E-state index is 0.0343. The number of rotatable bonds is 3. The average Bonchev–Trinajstić information content (AvgIpc) is 2.17. The fraction of sp³-hybridized carbons (Fsp3) is 0.900. The van der Waals surface area contributed by atoms with E-state index >= 15 is 0 Å². The second-order valence-electron chi connectivity index (χ2n) is 4.17. The average molecular weight is 200 g/mol. The topological polar surface area (TPSA) is 64.3 Å². The lowest BCUT2D eigenvalue weighted by Crippen LogP contribution is -2.38. The number of nitrogens with two attached hydrogens (primary N) is 1. The molecule has 0 aliphatic heterocycles. The first-order chi connectivity index (χ1) is 6.63. The molecule has 0 aromatic carbocycles. The van der Waals surface area contributed by atoms with Crippen molar-refractivity contribution in [1.29, 1.82) is 0 Å². The highest BCUT2D eigenvalue weighted by Gasteiger charge is 2.26. The Balaban J connectivity index is 2.27. The first-order valence-electron chi connectivity index (χ1n) is 5.29. The predicted molar refractivity (Wildman–Crippen MR) is 54.3 cm³/mol. The highest BCUT2D eigenvalue weighted by Crippen LogP contribution is 2.26. The maximum Gasteiger partial charge on any atom is 0.236 e. The highest BCUT2D eigenvalue weighted by atomic mass is 16.5. The third-order valence-electron chi connectivity index (χ3n) is 2.65. The van der Waals surface area contributed by atoms with Crippen LogP contribution in [-0.4, -0.2) is 18.1 Å². The van der Waals surface area contributed by atoms with Crippen LogP contribution >= 0.6 is 0 Å². The van der Waals surface area contributed by atoms with Crippen molar-refractivity contribution >= 4 is 5.91 Å². The van der Waals surface area contributed by atoms with Crippen molar-refractivity contribution in [3.05, 3.63) is 0 Å². The van der Waals surface area contributed by atoms with Gasteiger partial charge in [-0.15, -0.1) is 0 Å². The van der Waals surface area contributed by atoms with Crippen molar-refractivity contribution in [3.63, 3.8) is 0 Å². The molecule has 0 atom stereocenters. The summed E-state index contributed by atoms with van der Waals surface area (Å²) >= 11 is 0. The zero-order valence-corrected chi connectivity index (χ0v) is 8.95. The third-order valence-corrected chi connectivity index (χ3v) is 2.65. The van der Waals surface area contributed by atoms with Crippen LogP contribution in [0.1, 0.15) is 39.5 Å². The molecule has 0 unspecified atom stereocenters. The van der Waals surface area contributed by atoms with E-state index in [0.717, 1.165) is 25.7 Å². The van der Waals surface area contributed by atoms with Crippen molar-refractivity contribution in [2.45, 2.75) is 51.7 Å². The molecular weight excluding hydrogens is 180 g/mol. The Kier molecular flexibility index (Phi) is 4.35. The molecule has 0 heterocycles. The van der Waals surface area contributed by atoms with Gasteiger partial charge in [-0.1, -0.05) is 0 Å². The van der Waals surface area contributed by atoms with E-state index in [2.05, 4.69) is 5.43 Å². The smallest absolute Gasteiger partial charge is 0.236 e. The van der Waals surface area contributed by atoms with Crippen molar-refractivity contribution in [3.8, 4) is 0 Å². The number of carbonyl (C=O) groups excluding carboxylic acids is 1. The van der Waals surface area contributed by atoms with Crippen LogP contribution in [0.5, 0.6) is 0 Å². The second-order valence-corrected chi connectivity index (χ2v) is 4.17. The van der Waals surface area contributed by atoms with E-state index in [0.29, 0.717) is 6.10 Å². The van der Waals surface area contributed by atoms with Crippen molar-refractivity contribution in [1.82, 2.24) is 5.43 Å². The quantitative estimate of drug-likeness (QED) is 0.405. The van der Waals surface area contributed by atoms with Crippen LogP contribution in [0, 0.1) is 5.92 Å². The van der Waals surface area contributed by atoms with E-state index < -0.39 is 0 Å². The summed E-state index contributed by atoms with van der Waals surface area (Å²) in [6.45, 7) is 4.08. The van der Waals surface area contributed by atoms with Gasteiger partial charge in [-0.05, 0) is 39.5 Å². The Labute approximate surface area is 85.2 Å². The first kappa shape index (κ1) is 11.5. The van der Waals surface area contributed by atoms with E-state index in [1.54, 1.807) is 0 Å². The summed E-state index contributed by atoms with van der Waals surface area (Å²) in [4.78, 5) is 11.2. The van der Waals surface area contributed by atoms with Crippen LogP contribution in [0.3, 0.4) is 0 Å². The van der Waals surface area contributed by atoms with Gasteiger partial charge in [0.05, 0.1) is 12.2 Å². The minimum atomic E-state index is -0.0343. The molecule has 0 aromatic rings. The van der Waals surface area contributed by atoms with Crippen molar-refractivity contribution < 1.29 is 9.53 Å². The standard InChI is InChI=1S/C10H20N2O2/c1-7(2)14-9-5-3-8(4-6-9)10(13)12-11/h7-9H,3-6,11H2,1-2H3,(H,12,13)/t8-,9-. The number of nitrogens with one attached hydrogen (secondary N) is 1. The number of carbonyl (C=O) groups is 1. The van der Waals surface area contributed by atoms with Gasteiger partial charge in [0, 0.05) is 5.92 Å². The Hall–Kier alpha value is -0.610. The zero-order chi connectivity index (χ0) is 10.6. The van der Waals surface area contributed by atoms with Gasteiger partial charge in [0.25, 0.3) is 0 Å². The maximum atomic E-state index is 11.2. The lowest BCUT2D eigenvalue weighted by Gasteiger charge is -2.28. The van der Waals surface area contributed by atoms with Crippen molar-refractivity contribution in [2.75, 3.05) is 0 Å². The molecule has 1 fully saturated rings. The number of amides is 1. The van der Waals surface area contributed by atoms with E-state index in [-0.39, 0.29) is 17.9 Å². The summed E-state index contributed by atoms with van der Waals surface area (Å²) in [5.41, 5.74) is 2.21. The summed E-state index contributed by atoms with van der Waals surface area (Å²) in [6.07, 6.45) is 4.32. The molecule has 1 amide bonds. The summed E-state index contributed by atoms with van der Waals surface area (Å²) in [5.74, 6) is 5.14. The van der Waals surface area contributed by atoms with Gasteiger partial charge in [-0.25, -0.2) is 5.84 Å². The molecule has 0 aromatic heterocycles. The van der Waals surface area contributed by atoms with E-state index in [1.807, 2.05) is 13.8 Å². The molecule has 14 heavy (non-hydrogen) atoms. The third kappa shape index (κ3) is 3.27. The van der Waals surface area contributed by atoms with Crippen LogP contribution in [0.4, 0.5) is 0 Å². The predicted octanol–water partition coefficient (Wildman–Crippen LogP) is 0.960. The fourth-order valence-electron chi connectivity index (χ4n) is 1.96. The SMILES string of the molecule is CC(C)O[C@H]1CC[C@H](C(=O)NN)CC1. The fourth-order valence-corrected chi connectivity index (χ4v) is 1.96. The van der Waals surface area contributed by atoms with Crippen LogP contribution in [0.25, 0.3) is 0 Å². The summed E-state index contributed by atoms with van der Waals surface area (Å²) < 4.78 is 5.69. The molecule has 82 valence electrons. The van der Waals surface area contributed by atoms with Gasteiger partial charge >= 0.3 is 0 Å². The maximum absolute atomic E-state index is 11.2. The Morgan fingerprint density at radius 3 is 2.36 bits per heavy atom. The number of hydrogen-bond donors (Lipinski definition) is 2. The minimum Gasteiger partial charge on any atom is -0.376 e. The summed E-state index contributed by atoms with van der Waals surface area (Å²) in [6, 6.07) is 0. The van der Waals surface area contributed by atoms with Gasteiger partial charge in [0.1, 0.15) is 0 Å². The Morgan fingerprint density at radius 1 is 1.36 bits per heavy atom. The van der Waals surface area contributed by atoms with Crippen molar-refractivity contribution in [2.24, 2.45) is 11.8 Å². The molecule has 4 heteroatoms. The molecule has 0 radical (unpaired) electrons. The van der Waals surface area contributed by atoms with Crippen LogP contribution in [-0.2, 0) is 9.53 Å². The van der Waals surface area contributed by atoms with Gasteiger partial charge in [-0.2, -0.15) is 0 Å². The molecule has 1 aliphatic carbocycles. The second kappa shape index (κ2) is 5.32. The first-order valence-corrected chi connectivity index (χ1v) is 5.29. The molecule has 1 aliphatic rings. The normalized spacial score (nSPS) is 27.7. The van der Waals surface area contributed by atoms with E-state index in [4.69, 9.17) is 10.6 Å². The molecule has 1 saturated carbocycles. The molecule has 0 saturated heterocycles. The van der Waals surface area contributed by atoms with Crippen LogP contribution < -0.4 is 11.3 Å².